The van der Waals surface area contributed by atoms with E-state index >= 15 is 0 Å². The Morgan fingerprint density at radius 3 is 1.88 bits per heavy atom. The van der Waals surface area contributed by atoms with E-state index in [4.69, 9.17) is 0 Å². The third kappa shape index (κ3) is 5.07. The lowest BCUT2D eigenvalue weighted by Crippen LogP contribution is -2.36. The van der Waals surface area contributed by atoms with Crippen molar-refractivity contribution in [3.8, 4) is 0 Å². The monoisotopic (exact) mass is 348 g/mol. The summed E-state index contributed by atoms with van der Waals surface area (Å²) in [6.07, 6.45) is 6.77. The minimum absolute atomic E-state index is 0.571. The van der Waals surface area contributed by atoms with Gasteiger partial charge in [0.25, 0.3) is 0 Å². The van der Waals surface area contributed by atoms with Gasteiger partial charge in [0.1, 0.15) is 0 Å². The molecule has 25 heavy (non-hydrogen) atoms. The van der Waals surface area contributed by atoms with Crippen molar-refractivity contribution >= 4 is 11.9 Å². The summed E-state index contributed by atoms with van der Waals surface area (Å²) in [6, 6.07) is 5.64. The predicted octanol–water partition coefficient (Wildman–Crippen LogP) is 4.92. The summed E-state index contributed by atoms with van der Waals surface area (Å²) in [5.41, 5.74) is -0.0338. The van der Waals surface area contributed by atoms with Crippen LogP contribution in [0.4, 0.5) is 0 Å². The van der Waals surface area contributed by atoms with Gasteiger partial charge >= 0.3 is 11.9 Å². The van der Waals surface area contributed by atoms with E-state index in [-0.39, 0.29) is 0 Å². The molecule has 140 valence electrons. The first-order chi connectivity index (χ1) is 11.5. The van der Waals surface area contributed by atoms with E-state index in [0.29, 0.717) is 11.1 Å². The van der Waals surface area contributed by atoms with E-state index in [1.54, 1.807) is 33.8 Å². The zero-order valence-electron chi connectivity index (χ0n) is 16.2. The van der Waals surface area contributed by atoms with E-state index in [0.717, 1.165) is 24.8 Å². The van der Waals surface area contributed by atoms with Crippen LogP contribution in [0.25, 0.3) is 0 Å². The molecular weight excluding hydrogens is 316 g/mol. The van der Waals surface area contributed by atoms with E-state index in [1.165, 1.54) is 19.3 Å². The number of benzene rings is 1. The summed E-state index contributed by atoms with van der Waals surface area (Å²) in [5, 5.41) is 19.2. The first kappa shape index (κ1) is 21.2. The van der Waals surface area contributed by atoms with Gasteiger partial charge in [-0.05, 0) is 57.2 Å². The highest BCUT2D eigenvalue weighted by Crippen LogP contribution is 2.35. The molecule has 1 rings (SSSR count). The highest BCUT2D eigenvalue weighted by Gasteiger charge is 2.39. The number of aliphatic carboxylic acids is 2. The molecule has 0 aliphatic carbocycles. The lowest BCUT2D eigenvalue weighted by Gasteiger charge is -2.30. The predicted molar refractivity (Wildman–Crippen MR) is 100 cm³/mol. The molecule has 0 fully saturated rings. The highest BCUT2D eigenvalue weighted by molar-refractivity contribution is 5.85. The third-order valence-electron chi connectivity index (χ3n) is 5.07. The Balaban J connectivity index is 3.20. The molecule has 0 atom stereocenters. The Kier molecular flexibility index (Phi) is 7.21. The van der Waals surface area contributed by atoms with Gasteiger partial charge in [-0.15, -0.1) is 0 Å². The van der Waals surface area contributed by atoms with Crippen molar-refractivity contribution < 1.29 is 19.8 Å². The van der Waals surface area contributed by atoms with Crippen LogP contribution in [0.1, 0.15) is 83.4 Å². The lowest BCUT2D eigenvalue weighted by molar-refractivity contribution is -0.144. The number of hydrogen-bond donors (Lipinski definition) is 2. The SMILES string of the molecule is CCCCCCCc1ccc(C(C)(C)C(=O)O)c(C(C)(C)C(=O)O)c1. The smallest absolute Gasteiger partial charge is 0.313 e. The minimum Gasteiger partial charge on any atom is -0.481 e. The van der Waals surface area contributed by atoms with Gasteiger partial charge in [-0.3, -0.25) is 9.59 Å². The second-order valence-corrected chi connectivity index (χ2v) is 7.90. The van der Waals surface area contributed by atoms with Crippen molar-refractivity contribution in [1.82, 2.24) is 0 Å². The molecule has 1 aromatic rings. The van der Waals surface area contributed by atoms with E-state index < -0.39 is 22.8 Å². The van der Waals surface area contributed by atoms with Crippen molar-refractivity contribution in [2.45, 2.75) is 84.0 Å². The van der Waals surface area contributed by atoms with Crippen LogP contribution in [0.15, 0.2) is 18.2 Å². The highest BCUT2D eigenvalue weighted by atomic mass is 16.4. The van der Waals surface area contributed by atoms with Crippen LogP contribution < -0.4 is 0 Å². The van der Waals surface area contributed by atoms with E-state index in [9.17, 15) is 19.8 Å². The first-order valence-corrected chi connectivity index (χ1v) is 9.15. The van der Waals surface area contributed by atoms with Gasteiger partial charge in [-0.25, -0.2) is 0 Å². The van der Waals surface area contributed by atoms with Crippen LogP contribution in [-0.4, -0.2) is 22.2 Å². The summed E-state index contributed by atoms with van der Waals surface area (Å²) >= 11 is 0. The summed E-state index contributed by atoms with van der Waals surface area (Å²) in [6.45, 7) is 8.70. The molecule has 4 nitrogen and oxygen atoms in total. The standard InChI is InChI=1S/C21H32O4/c1-6-7-8-9-10-11-15-12-13-16(20(2,3)18(22)23)17(14-15)21(4,5)19(24)25/h12-14H,6-11H2,1-5H3,(H,22,23)(H,24,25). The fourth-order valence-electron chi connectivity index (χ4n) is 2.97. The Labute approximate surface area is 151 Å². The number of carboxylic acid groups (broad SMARTS) is 2. The Morgan fingerprint density at radius 1 is 0.840 bits per heavy atom. The summed E-state index contributed by atoms with van der Waals surface area (Å²) in [4.78, 5) is 23.4. The van der Waals surface area contributed by atoms with Crippen molar-refractivity contribution in [1.29, 1.82) is 0 Å². The van der Waals surface area contributed by atoms with E-state index in [2.05, 4.69) is 6.92 Å². The quantitative estimate of drug-likeness (QED) is 0.588. The van der Waals surface area contributed by atoms with Gasteiger partial charge in [0.15, 0.2) is 0 Å². The van der Waals surface area contributed by atoms with Crippen LogP contribution in [0.5, 0.6) is 0 Å². The number of aryl methyl sites for hydroxylation is 1. The number of hydrogen-bond acceptors (Lipinski definition) is 2. The molecule has 0 unspecified atom stereocenters. The zero-order valence-corrected chi connectivity index (χ0v) is 16.2. The number of carbonyl (C=O) groups is 2. The molecule has 4 heteroatoms. The molecule has 0 radical (unpaired) electrons. The van der Waals surface area contributed by atoms with Crippen LogP contribution in [0.3, 0.4) is 0 Å². The van der Waals surface area contributed by atoms with Gasteiger partial charge in [-0.2, -0.15) is 0 Å². The minimum atomic E-state index is -1.14. The molecule has 0 aliphatic heterocycles. The van der Waals surface area contributed by atoms with Crippen LogP contribution in [0, 0.1) is 0 Å². The van der Waals surface area contributed by atoms with Gasteiger partial charge in [-0.1, -0.05) is 50.8 Å². The molecular formula is C21H32O4. The van der Waals surface area contributed by atoms with Crippen LogP contribution in [-0.2, 0) is 26.8 Å². The van der Waals surface area contributed by atoms with E-state index in [1.807, 2.05) is 12.1 Å². The van der Waals surface area contributed by atoms with Crippen molar-refractivity contribution in [3.63, 3.8) is 0 Å². The van der Waals surface area contributed by atoms with Gasteiger partial charge in [0.2, 0.25) is 0 Å². The second-order valence-electron chi connectivity index (χ2n) is 7.90. The Bertz CT molecular complexity index is 614. The number of rotatable bonds is 10. The van der Waals surface area contributed by atoms with Crippen molar-refractivity contribution in [3.05, 3.63) is 34.9 Å². The molecule has 0 saturated heterocycles. The molecule has 2 N–H and O–H groups in total. The average molecular weight is 348 g/mol. The molecule has 0 aliphatic rings. The molecule has 0 bridgehead atoms. The normalized spacial score (nSPS) is 12.2. The molecule has 0 spiro atoms. The molecule has 1 aromatic carbocycles. The lowest BCUT2D eigenvalue weighted by atomic mass is 9.72. The van der Waals surface area contributed by atoms with Crippen LogP contribution >= 0.6 is 0 Å². The average Bonchev–Trinajstić information content (AvgIpc) is 2.54. The maximum atomic E-state index is 11.8. The molecule has 0 heterocycles. The zero-order chi connectivity index (χ0) is 19.3. The Hall–Kier alpha value is -1.84. The second kappa shape index (κ2) is 8.50. The van der Waals surface area contributed by atoms with Gasteiger partial charge in [0, 0.05) is 0 Å². The summed E-state index contributed by atoms with van der Waals surface area (Å²) in [5.74, 6) is -1.91. The molecule has 0 aromatic heterocycles. The maximum Gasteiger partial charge on any atom is 0.313 e. The summed E-state index contributed by atoms with van der Waals surface area (Å²) in [7, 11) is 0. The van der Waals surface area contributed by atoms with Crippen molar-refractivity contribution in [2.24, 2.45) is 0 Å². The number of unbranched alkanes of at least 4 members (excludes halogenated alkanes) is 4. The van der Waals surface area contributed by atoms with Crippen LogP contribution in [0.2, 0.25) is 0 Å². The Morgan fingerprint density at radius 2 is 1.36 bits per heavy atom. The maximum absolute atomic E-state index is 11.8. The first-order valence-electron chi connectivity index (χ1n) is 9.15. The largest absolute Gasteiger partial charge is 0.481 e. The number of carboxylic acids is 2. The van der Waals surface area contributed by atoms with Crippen molar-refractivity contribution in [2.75, 3.05) is 0 Å². The van der Waals surface area contributed by atoms with Gasteiger partial charge < -0.3 is 10.2 Å². The fourth-order valence-corrected chi connectivity index (χ4v) is 2.97. The van der Waals surface area contributed by atoms with Gasteiger partial charge in [0.05, 0.1) is 10.8 Å². The molecule has 0 amide bonds. The molecule has 0 saturated carbocycles. The third-order valence-corrected chi connectivity index (χ3v) is 5.07. The fraction of sp³-hybridized carbons (Fsp3) is 0.619. The topological polar surface area (TPSA) is 74.6 Å². The summed E-state index contributed by atoms with van der Waals surface area (Å²) < 4.78 is 0.